The maximum absolute atomic E-state index is 14.4. The average Bonchev–Trinajstić information content (AvgIpc) is 2.77. The highest BCUT2D eigenvalue weighted by Crippen LogP contribution is 2.32. The van der Waals surface area contributed by atoms with Crippen molar-refractivity contribution in [3.8, 4) is 23.0 Å². The minimum atomic E-state index is -1.08. The number of nitrogens with one attached hydrogen (secondary N) is 1. The third-order valence-electron chi connectivity index (χ3n) is 4.08. The SMILES string of the molecule is COc1cc(OC)c(F)c(COc2cnc(NC(=O)Oc3c(N)cccc3F)nc2)c1F. The first kappa shape index (κ1) is 22.5. The van der Waals surface area contributed by atoms with Crippen molar-refractivity contribution in [2.24, 2.45) is 0 Å². The number of carbonyl (C=O) groups excluding carboxylic acids is 1. The fourth-order valence-electron chi connectivity index (χ4n) is 2.52. The lowest BCUT2D eigenvalue weighted by Gasteiger charge is -2.13. The Bertz CT molecular complexity index is 1080. The van der Waals surface area contributed by atoms with Crippen LogP contribution in [0, 0.1) is 17.5 Å². The predicted octanol–water partition coefficient (Wildman–Crippen LogP) is 3.68. The molecule has 168 valence electrons. The maximum atomic E-state index is 14.4. The zero-order valence-electron chi connectivity index (χ0n) is 16.8. The topological polar surface area (TPSA) is 118 Å². The van der Waals surface area contributed by atoms with Gasteiger partial charge in [0.05, 0.1) is 37.9 Å². The summed E-state index contributed by atoms with van der Waals surface area (Å²) < 4.78 is 62.3. The van der Waals surface area contributed by atoms with E-state index in [-0.39, 0.29) is 28.9 Å². The molecule has 0 spiro atoms. The summed E-state index contributed by atoms with van der Waals surface area (Å²) in [4.78, 5) is 19.5. The minimum Gasteiger partial charge on any atom is -0.494 e. The molecule has 1 amide bonds. The third-order valence-corrected chi connectivity index (χ3v) is 4.08. The van der Waals surface area contributed by atoms with Crippen LogP contribution in [-0.2, 0) is 6.61 Å². The molecule has 0 radical (unpaired) electrons. The van der Waals surface area contributed by atoms with Crippen molar-refractivity contribution in [3.63, 3.8) is 0 Å². The van der Waals surface area contributed by atoms with Gasteiger partial charge in [-0.2, -0.15) is 0 Å². The number of benzene rings is 2. The molecule has 0 aliphatic rings. The molecule has 0 fully saturated rings. The lowest BCUT2D eigenvalue weighted by atomic mass is 10.1. The van der Waals surface area contributed by atoms with Gasteiger partial charge in [0.1, 0.15) is 6.61 Å². The molecule has 0 unspecified atom stereocenters. The Kier molecular flexibility index (Phi) is 6.83. The summed E-state index contributed by atoms with van der Waals surface area (Å²) in [7, 11) is 2.46. The Morgan fingerprint density at radius 1 is 1.06 bits per heavy atom. The van der Waals surface area contributed by atoms with Crippen molar-refractivity contribution in [2.45, 2.75) is 6.61 Å². The summed E-state index contributed by atoms with van der Waals surface area (Å²) >= 11 is 0. The number of rotatable bonds is 7. The first-order valence-corrected chi connectivity index (χ1v) is 8.90. The van der Waals surface area contributed by atoms with E-state index in [2.05, 4.69) is 15.3 Å². The van der Waals surface area contributed by atoms with E-state index in [1.165, 1.54) is 26.4 Å². The fraction of sp³-hybridized carbons (Fsp3) is 0.150. The van der Waals surface area contributed by atoms with Gasteiger partial charge in [0.25, 0.3) is 0 Å². The molecule has 3 N–H and O–H groups in total. The second-order valence-corrected chi connectivity index (χ2v) is 6.09. The van der Waals surface area contributed by atoms with E-state index in [1.54, 1.807) is 0 Å². The van der Waals surface area contributed by atoms with E-state index in [1.807, 2.05) is 0 Å². The molecule has 0 aliphatic heterocycles. The smallest absolute Gasteiger partial charge is 0.419 e. The molecular formula is C20H17F3N4O5. The van der Waals surface area contributed by atoms with Crippen LogP contribution in [0.1, 0.15) is 5.56 Å². The van der Waals surface area contributed by atoms with Gasteiger partial charge in [-0.15, -0.1) is 0 Å². The number of amides is 1. The molecule has 0 saturated carbocycles. The van der Waals surface area contributed by atoms with Gasteiger partial charge < -0.3 is 24.7 Å². The second-order valence-electron chi connectivity index (χ2n) is 6.09. The van der Waals surface area contributed by atoms with Crippen LogP contribution in [0.25, 0.3) is 0 Å². The standard InChI is InChI=1S/C20H17F3N4O5/c1-29-14-6-15(30-2)17(23)11(16(14)22)9-31-10-7-25-19(26-8-10)27-20(28)32-18-12(21)4-3-5-13(18)24/h3-8H,9,24H2,1-2H3,(H,25,26,27,28). The van der Waals surface area contributed by atoms with Crippen LogP contribution < -0.4 is 30.0 Å². The number of halogens is 3. The number of hydrogen-bond acceptors (Lipinski definition) is 8. The monoisotopic (exact) mass is 450 g/mol. The number of methoxy groups -OCH3 is 2. The largest absolute Gasteiger partial charge is 0.494 e. The van der Waals surface area contributed by atoms with Crippen molar-refractivity contribution in [2.75, 3.05) is 25.3 Å². The van der Waals surface area contributed by atoms with Crippen LogP contribution in [0.5, 0.6) is 23.0 Å². The molecule has 3 rings (SSSR count). The molecule has 3 aromatic rings. The Balaban J connectivity index is 1.65. The summed E-state index contributed by atoms with van der Waals surface area (Å²) in [6.07, 6.45) is 1.21. The number of ether oxygens (including phenoxy) is 4. The molecule has 9 nitrogen and oxygen atoms in total. The minimum absolute atomic E-state index is 0.0443. The lowest BCUT2D eigenvalue weighted by Crippen LogP contribution is -2.19. The lowest BCUT2D eigenvalue weighted by molar-refractivity contribution is 0.213. The number of nitrogens with two attached hydrogens (primary N) is 1. The molecule has 2 aromatic carbocycles. The Morgan fingerprint density at radius 3 is 2.25 bits per heavy atom. The van der Waals surface area contributed by atoms with Crippen LogP contribution in [0.2, 0.25) is 0 Å². The number of hydrogen-bond donors (Lipinski definition) is 2. The normalized spacial score (nSPS) is 10.4. The summed E-state index contributed by atoms with van der Waals surface area (Å²) in [5.41, 5.74) is 5.07. The molecule has 1 heterocycles. The van der Waals surface area contributed by atoms with Crippen LogP contribution in [0.4, 0.5) is 29.6 Å². The summed E-state index contributed by atoms with van der Waals surface area (Å²) in [6.45, 7) is -0.518. The highest BCUT2D eigenvalue weighted by molar-refractivity contribution is 5.85. The van der Waals surface area contributed by atoms with Gasteiger partial charge in [0.2, 0.25) is 5.95 Å². The van der Waals surface area contributed by atoms with Crippen LogP contribution in [0.15, 0.2) is 36.7 Å². The summed E-state index contributed by atoms with van der Waals surface area (Å²) in [6, 6.07) is 4.87. The molecule has 0 saturated heterocycles. The second kappa shape index (κ2) is 9.73. The van der Waals surface area contributed by atoms with Crippen LogP contribution >= 0.6 is 0 Å². The maximum Gasteiger partial charge on any atom is 0.419 e. The summed E-state index contributed by atoms with van der Waals surface area (Å²) in [5, 5.41) is 2.18. The van der Waals surface area contributed by atoms with Gasteiger partial charge in [-0.25, -0.2) is 27.9 Å². The third kappa shape index (κ3) is 4.91. The molecule has 32 heavy (non-hydrogen) atoms. The molecular weight excluding hydrogens is 433 g/mol. The number of anilines is 2. The first-order valence-electron chi connectivity index (χ1n) is 8.90. The van der Waals surface area contributed by atoms with Crippen LogP contribution in [0.3, 0.4) is 0 Å². The van der Waals surface area contributed by atoms with Crippen LogP contribution in [-0.4, -0.2) is 30.3 Å². The van der Waals surface area contributed by atoms with Gasteiger partial charge in [0, 0.05) is 6.07 Å². The number of nitrogen functional groups attached to an aromatic ring is 1. The zero-order valence-corrected chi connectivity index (χ0v) is 16.8. The van der Waals surface area contributed by atoms with E-state index < -0.39 is 41.5 Å². The van der Waals surface area contributed by atoms with Crippen molar-refractivity contribution in [3.05, 3.63) is 59.7 Å². The number of para-hydroxylation sites is 1. The Hall–Kier alpha value is -4.22. The Labute approximate surface area is 179 Å². The van der Waals surface area contributed by atoms with Crippen molar-refractivity contribution >= 4 is 17.7 Å². The van der Waals surface area contributed by atoms with Gasteiger partial charge >= 0.3 is 6.09 Å². The molecule has 1 aromatic heterocycles. The van der Waals surface area contributed by atoms with Gasteiger partial charge in [-0.1, -0.05) is 6.07 Å². The van der Waals surface area contributed by atoms with E-state index in [0.717, 1.165) is 24.5 Å². The predicted molar refractivity (Wildman–Crippen MR) is 106 cm³/mol. The zero-order chi connectivity index (χ0) is 23.3. The van der Waals surface area contributed by atoms with Gasteiger partial charge in [-0.3, -0.25) is 5.32 Å². The molecule has 12 heteroatoms. The van der Waals surface area contributed by atoms with E-state index in [4.69, 9.17) is 24.7 Å². The number of carbonyl (C=O) groups is 1. The van der Waals surface area contributed by atoms with Gasteiger partial charge in [0.15, 0.2) is 40.4 Å². The van der Waals surface area contributed by atoms with Crippen molar-refractivity contribution in [1.82, 2.24) is 9.97 Å². The summed E-state index contributed by atoms with van der Waals surface area (Å²) in [5.74, 6) is -3.74. The van der Waals surface area contributed by atoms with E-state index in [9.17, 15) is 18.0 Å². The fourth-order valence-corrected chi connectivity index (χ4v) is 2.52. The van der Waals surface area contributed by atoms with E-state index in [0.29, 0.717) is 0 Å². The Morgan fingerprint density at radius 2 is 1.69 bits per heavy atom. The van der Waals surface area contributed by atoms with Crippen molar-refractivity contribution in [1.29, 1.82) is 0 Å². The first-order chi connectivity index (χ1) is 15.3. The molecule has 0 atom stereocenters. The molecule has 0 bridgehead atoms. The molecule has 0 aliphatic carbocycles. The number of aromatic nitrogens is 2. The van der Waals surface area contributed by atoms with E-state index >= 15 is 0 Å². The number of nitrogens with zero attached hydrogens (tertiary/aromatic N) is 2. The quantitative estimate of drug-likeness (QED) is 0.524. The average molecular weight is 450 g/mol. The highest BCUT2D eigenvalue weighted by atomic mass is 19.1. The van der Waals surface area contributed by atoms with Gasteiger partial charge in [-0.05, 0) is 12.1 Å². The van der Waals surface area contributed by atoms with Crippen molar-refractivity contribution < 1.29 is 36.9 Å². The highest BCUT2D eigenvalue weighted by Gasteiger charge is 2.21.